The lowest BCUT2D eigenvalue weighted by atomic mass is 9.71. The number of likely N-dealkylation sites (tertiary alicyclic amines) is 1. The molecule has 0 aromatic heterocycles. The minimum atomic E-state index is 0.408. The Bertz CT molecular complexity index is 346. The summed E-state index contributed by atoms with van der Waals surface area (Å²) in [5.74, 6) is 1.48. The third kappa shape index (κ3) is 2.51. The number of hydrogen-bond donors (Lipinski definition) is 1. The monoisotopic (exact) mass is 234 g/mol. The van der Waals surface area contributed by atoms with Crippen molar-refractivity contribution in [3.63, 3.8) is 0 Å². The Balaban J connectivity index is 2.21. The first kappa shape index (κ1) is 12.5. The maximum absolute atomic E-state index is 5.94. The van der Waals surface area contributed by atoms with Crippen LogP contribution < -0.4 is 5.73 Å². The number of nitrogens with two attached hydrogens (primary N) is 1. The zero-order chi connectivity index (χ0) is 12.6. The van der Waals surface area contributed by atoms with E-state index in [0.29, 0.717) is 11.3 Å². The third-order valence-electron chi connectivity index (χ3n) is 4.35. The van der Waals surface area contributed by atoms with Crippen molar-refractivity contribution in [2.75, 3.05) is 13.1 Å². The van der Waals surface area contributed by atoms with Gasteiger partial charge in [-0.05, 0) is 37.2 Å². The second-order valence-electron chi connectivity index (χ2n) is 6.54. The zero-order valence-corrected chi connectivity index (χ0v) is 11.7. The molecule has 2 atom stereocenters. The number of fused-ring (bicyclic) bond motifs is 1. The highest BCUT2D eigenvalue weighted by Crippen LogP contribution is 2.42. The highest BCUT2D eigenvalue weighted by atomic mass is 15.1. The van der Waals surface area contributed by atoms with Gasteiger partial charge in [-0.3, -0.25) is 0 Å². The minimum Gasteiger partial charge on any atom is -0.399 e. The van der Waals surface area contributed by atoms with E-state index in [1.54, 1.807) is 0 Å². The number of piperidine rings is 1. The van der Waals surface area contributed by atoms with Crippen LogP contribution in [0.1, 0.15) is 40.5 Å². The summed E-state index contributed by atoms with van der Waals surface area (Å²) in [6.07, 6.45) is 6.82. The molecule has 2 N–H and O–H groups in total. The fraction of sp³-hybridized carbons (Fsp3) is 0.733. The summed E-state index contributed by atoms with van der Waals surface area (Å²) in [7, 11) is 0. The van der Waals surface area contributed by atoms with E-state index >= 15 is 0 Å². The molecule has 0 aromatic rings. The summed E-state index contributed by atoms with van der Waals surface area (Å²) in [6.45, 7) is 11.6. The van der Waals surface area contributed by atoms with Crippen LogP contribution in [0.25, 0.3) is 0 Å². The molecule has 0 spiro atoms. The molecule has 0 radical (unpaired) electrons. The lowest BCUT2D eigenvalue weighted by Gasteiger charge is -2.46. The van der Waals surface area contributed by atoms with E-state index < -0.39 is 0 Å². The van der Waals surface area contributed by atoms with Crippen molar-refractivity contribution in [2.24, 2.45) is 23.0 Å². The zero-order valence-electron chi connectivity index (χ0n) is 11.7. The van der Waals surface area contributed by atoms with Gasteiger partial charge in [0.15, 0.2) is 0 Å². The quantitative estimate of drug-likeness (QED) is 0.755. The molecule has 0 saturated carbocycles. The van der Waals surface area contributed by atoms with Crippen molar-refractivity contribution in [1.29, 1.82) is 0 Å². The molecule has 1 fully saturated rings. The smallest absolute Gasteiger partial charge is 0.0291 e. The van der Waals surface area contributed by atoms with Crippen LogP contribution in [-0.4, -0.2) is 18.0 Å². The van der Waals surface area contributed by atoms with Gasteiger partial charge < -0.3 is 10.6 Å². The van der Waals surface area contributed by atoms with Gasteiger partial charge in [-0.25, -0.2) is 0 Å². The maximum Gasteiger partial charge on any atom is 0.0291 e. The van der Waals surface area contributed by atoms with Crippen molar-refractivity contribution in [3.8, 4) is 0 Å². The minimum absolute atomic E-state index is 0.408. The van der Waals surface area contributed by atoms with E-state index in [0.717, 1.165) is 24.6 Å². The Hall–Kier alpha value is -0.920. The summed E-state index contributed by atoms with van der Waals surface area (Å²) in [5, 5.41) is 0. The maximum atomic E-state index is 5.94. The van der Waals surface area contributed by atoms with Gasteiger partial charge >= 0.3 is 0 Å². The van der Waals surface area contributed by atoms with Gasteiger partial charge in [-0.1, -0.05) is 26.8 Å². The summed E-state index contributed by atoms with van der Waals surface area (Å²) in [4.78, 5) is 2.53. The van der Waals surface area contributed by atoms with Gasteiger partial charge in [0.2, 0.25) is 0 Å². The molecule has 0 bridgehead atoms. The van der Waals surface area contributed by atoms with Gasteiger partial charge in [-0.15, -0.1) is 0 Å². The number of nitrogens with zero attached hydrogens (tertiary/aromatic N) is 1. The largest absolute Gasteiger partial charge is 0.399 e. The van der Waals surface area contributed by atoms with E-state index in [1.807, 2.05) is 0 Å². The SMILES string of the molecule is CCN1CC(C(C)(C)C)CC2CC=C(N)C=C21. The first-order valence-corrected chi connectivity index (χ1v) is 6.84. The van der Waals surface area contributed by atoms with Gasteiger partial charge in [-0.2, -0.15) is 0 Å². The van der Waals surface area contributed by atoms with E-state index in [1.165, 1.54) is 18.7 Å². The molecule has 1 saturated heterocycles. The van der Waals surface area contributed by atoms with Gasteiger partial charge in [0.05, 0.1) is 0 Å². The van der Waals surface area contributed by atoms with Crippen LogP contribution in [-0.2, 0) is 0 Å². The molecule has 1 heterocycles. The predicted molar refractivity (Wildman–Crippen MR) is 73.3 cm³/mol. The topological polar surface area (TPSA) is 29.3 Å². The van der Waals surface area contributed by atoms with Crippen molar-refractivity contribution in [3.05, 3.63) is 23.5 Å². The normalized spacial score (nSPS) is 29.5. The molecular weight excluding hydrogens is 208 g/mol. The summed E-state index contributed by atoms with van der Waals surface area (Å²) >= 11 is 0. The van der Waals surface area contributed by atoms with E-state index in [4.69, 9.17) is 5.73 Å². The molecule has 17 heavy (non-hydrogen) atoms. The van der Waals surface area contributed by atoms with Crippen LogP contribution in [0.4, 0.5) is 0 Å². The number of rotatable bonds is 1. The van der Waals surface area contributed by atoms with Crippen molar-refractivity contribution in [2.45, 2.75) is 40.5 Å². The summed E-state index contributed by atoms with van der Waals surface area (Å²) < 4.78 is 0. The first-order valence-electron chi connectivity index (χ1n) is 6.84. The Morgan fingerprint density at radius 3 is 2.71 bits per heavy atom. The van der Waals surface area contributed by atoms with Crippen LogP contribution in [0.2, 0.25) is 0 Å². The molecule has 2 rings (SSSR count). The second-order valence-corrected chi connectivity index (χ2v) is 6.54. The van der Waals surface area contributed by atoms with Crippen LogP contribution in [0, 0.1) is 17.3 Å². The van der Waals surface area contributed by atoms with E-state index in [-0.39, 0.29) is 0 Å². The molecular formula is C15H26N2. The molecule has 2 aliphatic rings. The molecule has 2 unspecified atom stereocenters. The van der Waals surface area contributed by atoms with Crippen LogP contribution in [0.3, 0.4) is 0 Å². The standard InChI is InChI=1S/C15H26N2/c1-5-17-10-12(15(2,3)4)8-11-6-7-13(16)9-14(11)17/h7,9,11-12H,5-6,8,10,16H2,1-4H3. The van der Waals surface area contributed by atoms with Crippen LogP contribution in [0.15, 0.2) is 23.5 Å². The van der Waals surface area contributed by atoms with E-state index in [2.05, 4.69) is 44.7 Å². The Kier molecular flexibility index (Phi) is 3.24. The molecule has 2 nitrogen and oxygen atoms in total. The highest BCUT2D eigenvalue weighted by molar-refractivity contribution is 5.28. The average molecular weight is 234 g/mol. The Labute approximate surface area is 106 Å². The number of allylic oxidation sites excluding steroid dienone is 3. The van der Waals surface area contributed by atoms with Crippen molar-refractivity contribution in [1.82, 2.24) is 4.90 Å². The molecule has 1 aliphatic carbocycles. The summed E-state index contributed by atoms with van der Waals surface area (Å²) in [6, 6.07) is 0. The lowest BCUT2D eigenvalue weighted by molar-refractivity contribution is 0.102. The van der Waals surface area contributed by atoms with Gasteiger partial charge in [0.25, 0.3) is 0 Å². The molecule has 1 aliphatic heterocycles. The fourth-order valence-electron chi connectivity index (χ4n) is 3.04. The summed E-state index contributed by atoms with van der Waals surface area (Å²) in [5.41, 5.74) is 8.77. The van der Waals surface area contributed by atoms with Gasteiger partial charge in [0.1, 0.15) is 0 Å². The van der Waals surface area contributed by atoms with Crippen molar-refractivity contribution >= 4 is 0 Å². The average Bonchev–Trinajstić information content (AvgIpc) is 2.26. The van der Waals surface area contributed by atoms with Gasteiger partial charge in [0, 0.05) is 30.4 Å². The van der Waals surface area contributed by atoms with Crippen LogP contribution >= 0.6 is 0 Å². The fourth-order valence-corrected chi connectivity index (χ4v) is 3.04. The van der Waals surface area contributed by atoms with E-state index in [9.17, 15) is 0 Å². The molecule has 0 amide bonds. The number of hydrogen-bond acceptors (Lipinski definition) is 2. The predicted octanol–water partition coefficient (Wildman–Crippen LogP) is 3.12. The highest BCUT2D eigenvalue weighted by Gasteiger charge is 2.36. The Morgan fingerprint density at radius 2 is 2.12 bits per heavy atom. The molecule has 96 valence electrons. The third-order valence-corrected chi connectivity index (χ3v) is 4.35. The van der Waals surface area contributed by atoms with Crippen molar-refractivity contribution < 1.29 is 0 Å². The van der Waals surface area contributed by atoms with Crippen LogP contribution in [0.5, 0.6) is 0 Å². The first-order chi connectivity index (χ1) is 7.91. The lowest BCUT2D eigenvalue weighted by Crippen LogP contribution is -2.43. The molecule has 2 heteroatoms. The Morgan fingerprint density at radius 1 is 1.41 bits per heavy atom. The molecule has 0 aromatic carbocycles. The second kappa shape index (κ2) is 4.40.